The summed E-state index contributed by atoms with van der Waals surface area (Å²) in [7, 11) is -3.73. The molecular formula is C12H23N3O5S. The van der Waals surface area contributed by atoms with E-state index in [1.165, 1.54) is 0 Å². The lowest BCUT2D eigenvalue weighted by Gasteiger charge is -2.32. The highest BCUT2D eigenvalue weighted by atomic mass is 32.2. The normalized spacial score (nSPS) is 25.8. The van der Waals surface area contributed by atoms with Crippen LogP contribution in [-0.4, -0.2) is 80.7 Å². The molecule has 0 amide bonds. The molecule has 21 heavy (non-hydrogen) atoms. The van der Waals surface area contributed by atoms with Crippen LogP contribution < -0.4 is 4.72 Å². The van der Waals surface area contributed by atoms with E-state index < -0.39 is 22.2 Å². The van der Waals surface area contributed by atoms with Gasteiger partial charge in [0.25, 0.3) is 10.2 Å². The number of carboxylic acid groups (broad SMARTS) is 1. The summed E-state index contributed by atoms with van der Waals surface area (Å²) in [5.74, 6) is -1.08. The van der Waals surface area contributed by atoms with Crippen molar-refractivity contribution in [3.63, 3.8) is 0 Å². The maximum atomic E-state index is 12.3. The van der Waals surface area contributed by atoms with Crippen molar-refractivity contribution in [2.24, 2.45) is 0 Å². The molecule has 2 fully saturated rings. The molecule has 1 unspecified atom stereocenters. The fourth-order valence-corrected chi connectivity index (χ4v) is 4.10. The molecule has 2 aliphatic heterocycles. The van der Waals surface area contributed by atoms with Gasteiger partial charge in [-0.15, -0.1) is 0 Å². The van der Waals surface area contributed by atoms with Crippen LogP contribution in [0, 0.1) is 0 Å². The number of carbonyl (C=O) groups is 1. The van der Waals surface area contributed by atoms with Crippen LogP contribution in [0.5, 0.6) is 0 Å². The van der Waals surface area contributed by atoms with E-state index in [2.05, 4.69) is 9.62 Å². The summed E-state index contributed by atoms with van der Waals surface area (Å²) in [5.41, 5.74) is 0. The second-order valence-corrected chi connectivity index (χ2v) is 7.02. The Hall–Kier alpha value is -0.740. The number of nitrogens with one attached hydrogen (secondary N) is 1. The Kier molecular flexibility index (Phi) is 5.94. The van der Waals surface area contributed by atoms with Gasteiger partial charge in [0.15, 0.2) is 0 Å². The Morgan fingerprint density at radius 1 is 1.24 bits per heavy atom. The van der Waals surface area contributed by atoms with E-state index in [1.807, 2.05) is 0 Å². The van der Waals surface area contributed by atoms with Crippen LogP contribution >= 0.6 is 0 Å². The van der Waals surface area contributed by atoms with Gasteiger partial charge < -0.3 is 9.84 Å². The van der Waals surface area contributed by atoms with Gasteiger partial charge in [0.2, 0.25) is 0 Å². The van der Waals surface area contributed by atoms with Gasteiger partial charge in [-0.05, 0) is 19.3 Å². The molecule has 122 valence electrons. The zero-order chi connectivity index (χ0) is 15.3. The molecule has 0 aromatic heterocycles. The average molecular weight is 321 g/mol. The van der Waals surface area contributed by atoms with Crippen molar-refractivity contribution in [2.75, 3.05) is 45.9 Å². The van der Waals surface area contributed by atoms with Crippen molar-refractivity contribution in [3.8, 4) is 0 Å². The van der Waals surface area contributed by atoms with Crippen molar-refractivity contribution in [1.29, 1.82) is 0 Å². The van der Waals surface area contributed by atoms with Gasteiger partial charge in [0, 0.05) is 32.7 Å². The third kappa shape index (κ3) is 4.62. The van der Waals surface area contributed by atoms with Crippen LogP contribution in [0.15, 0.2) is 0 Å². The number of rotatable bonds is 6. The van der Waals surface area contributed by atoms with Crippen molar-refractivity contribution in [1.82, 2.24) is 13.9 Å². The van der Waals surface area contributed by atoms with Crippen LogP contribution in [-0.2, 0) is 19.7 Å². The molecule has 2 rings (SSSR count). The molecule has 0 saturated carbocycles. The number of ether oxygens (including phenoxy) is 1. The zero-order valence-electron chi connectivity index (χ0n) is 12.0. The summed E-state index contributed by atoms with van der Waals surface area (Å²) in [5, 5.41) is 9.15. The SMILES string of the molecule is O=C(O)C1CCCCN1S(=O)(=O)NCCN1CCOCC1. The van der Waals surface area contributed by atoms with Crippen molar-refractivity contribution < 1.29 is 23.1 Å². The minimum atomic E-state index is -3.73. The molecule has 0 bridgehead atoms. The van der Waals surface area contributed by atoms with Crippen molar-refractivity contribution in [3.05, 3.63) is 0 Å². The maximum absolute atomic E-state index is 12.3. The lowest BCUT2D eigenvalue weighted by molar-refractivity contribution is -0.142. The third-order valence-electron chi connectivity index (χ3n) is 3.86. The van der Waals surface area contributed by atoms with Gasteiger partial charge in [0.1, 0.15) is 6.04 Å². The topological polar surface area (TPSA) is 99.2 Å². The molecule has 2 aliphatic rings. The second-order valence-electron chi connectivity index (χ2n) is 5.31. The molecule has 0 aliphatic carbocycles. The molecule has 1 atom stereocenters. The van der Waals surface area contributed by atoms with E-state index in [4.69, 9.17) is 9.84 Å². The Bertz CT molecular complexity index is 450. The van der Waals surface area contributed by atoms with Gasteiger partial charge in [-0.1, -0.05) is 0 Å². The minimum Gasteiger partial charge on any atom is -0.480 e. The van der Waals surface area contributed by atoms with Gasteiger partial charge in [0.05, 0.1) is 13.2 Å². The van der Waals surface area contributed by atoms with Gasteiger partial charge in [-0.25, -0.2) is 4.72 Å². The molecule has 0 radical (unpaired) electrons. The van der Waals surface area contributed by atoms with Crippen LogP contribution in [0.3, 0.4) is 0 Å². The van der Waals surface area contributed by atoms with E-state index in [0.29, 0.717) is 32.6 Å². The van der Waals surface area contributed by atoms with E-state index in [9.17, 15) is 13.2 Å². The van der Waals surface area contributed by atoms with Crippen LogP contribution in [0.25, 0.3) is 0 Å². The van der Waals surface area contributed by atoms with E-state index in [0.717, 1.165) is 23.8 Å². The molecule has 9 heteroatoms. The van der Waals surface area contributed by atoms with Crippen LogP contribution in [0.4, 0.5) is 0 Å². The van der Waals surface area contributed by atoms with Crippen LogP contribution in [0.1, 0.15) is 19.3 Å². The fraction of sp³-hybridized carbons (Fsp3) is 0.917. The third-order valence-corrected chi connectivity index (χ3v) is 5.49. The summed E-state index contributed by atoms with van der Waals surface area (Å²) in [6.07, 6.45) is 1.82. The lowest BCUT2D eigenvalue weighted by atomic mass is 10.1. The Labute approximate surface area is 125 Å². The highest BCUT2D eigenvalue weighted by molar-refractivity contribution is 7.87. The van der Waals surface area contributed by atoms with E-state index >= 15 is 0 Å². The highest BCUT2D eigenvalue weighted by Crippen LogP contribution is 2.19. The second kappa shape index (κ2) is 7.50. The standard InChI is InChI=1S/C12H23N3O5S/c16-12(17)11-3-1-2-5-15(11)21(18,19)13-4-6-14-7-9-20-10-8-14/h11,13H,1-10H2,(H,16,17). The first kappa shape index (κ1) is 16.6. The zero-order valence-corrected chi connectivity index (χ0v) is 12.8. The molecule has 0 aromatic carbocycles. The summed E-state index contributed by atoms with van der Waals surface area (Å²) in [6.45, 7) is 4.08. The van der Waals surface area contributed by atoms with Crippen LogP contribution in [0.2, 0.25) is 0 Å². The number of morpholine rings is 1. The predicted octanol–water partition coefficient (Wildman–Crippen LogP) is -0.908. The van der Waals surface area contributed by atoms with E-state index in [1.54, 1.807) is 0 Å². The number of carboxylic acids is 1. The molecule has 0 aromatic rings. The molecule has 2 heterocycles. The molecule has 2 N–H and O–H groups in total. The van der Waals surface area contributed by atoms with E-state index in [-0.39, 0.29) is 13.1 Å². The number of aliphatic carboxylic acids is 1. The number of nitrogens with zero attached hydrogens (tertiary/aromatic N) is 2. The quantitative estimate of drug-likeness (QED) is 0.657. The Morgan fingerprint density at radius 3 is 2.62 bits per heavy atom. The number of hydrogen-bond donors (Lipinski definition) is 2. The smallest absolute Gasteiger partial charge is 0.322 e. The first-order valence-corrected chi connectivity index (χ1v) is 8.74. The largest absolute Gasteiger partial charge is 0.480 e. The fourth-order valence-electron chi connectivity index (χ4n) is 2.68. The monoisotopic (exact) mass is 321 g/mol. The number of hydrogen-bond acceptors (Lipinski definition) is 5. The lowest BCUT2D eigenvalue weighted by Crippen LogP contribution is -2.53. The minimum absolute atomic E-state index is 0.268. The van der Waals surface area contributed by atoms with Gasteiger partial charge in [-0.2, -0.15) is 12.7 Å². The molecule has 2 saturated heterocycles. The maximum Gasteiger partial charge on any atom is 0.322 e. The summed E-state index contributed by atoms with van der Waals surface area (Å²) < 4.78 is 33.3. The van der Waals surface area contributed by atoms with Gasteiger partial charge in [-0.3, -0.25) is 9.69 Å². The van der Waals surface area contributed by atoms with Crippen molar-refractivity contribution in [2.45, 2.75) is 25.3 Å². The Balaban J connectivity index is 1.86. The van der Waals surface area contributed by atoms with Crippen molar-refractivity contribution >= 4 is 16.2 Å². The summed E-state index contributed by atoms with van der Waals surface area (Å²) in [6, 6.07) is -0.945. The molecular weight excluding hydrogens is 298 g/mol. The first-order valence-electron chi connectivity index (χ1n) is 7.30. The molecule has 8 nitrogen and oxygen atoms in total. The first-order chi connectivity index (χ1) is 10.0. The Morgan fingerprint density at radius 2 is 1.95 bits per heavy atom. The number of piperidine rings is 1. The molecule has 0 spiro atoms. The average Bonchev–Trinajstić information content (AvgIpc) is 2.48. The van der Waals surface area contributed by atoms with Gasteiger partial charge >= 0.3 is 5.97 Å². The highest BCUT2D eigenvalue weighted by Gasteiger charge is 2.36. The summed E-state index contributed by atoms with van der Waals surface area (Å²) in [4.78, 5) is 13.3. The summed E-state index contributed by atoms with van der Waals surface area (Å²) >= 11 is 0. The predicted molar refractivity (Wildman–Crippen MR) is 76.2 cm³/mol.